The van der Waals surface area contributed by atoms with E-state index < -0.39 is 0 Å². The van der Waals surface area contributed by atoms with Gasteiger partial charge >= 0.3 is 0 Å². The van der Waals surface area contributed by atoms with E-state index in [0.717, 1.165) is 12.3 Å². The topological polar surface area (TPSA) is 28.3 Å². The summed E-state index contributed by atoms with van der Waals surface area (Å²) in [6.45, 7) is 5.34. The number of hydrogen-bond donors (Lipinski definition) is 1. The Morgan fingerprint density at radius 1 is 1.12 bits per heavy atom. The van der Waals surface area contributed by atoms with Crippen LogP contribution in [0.15, 0.2) is 54.2 Å². The Balaban J connectivity index is 1.71. The number of nitrogens with zero attached hydrogens (tertiary/aromatic N) is 1. The van der Waals surface area contributed by atoms with Gasteiger partial charge in [0.15, 0.2) is 0 Å². The summed E-state index contributed by atoms with van der Waals surface area (Å²) in [5, 5.41) is 1.31. The van der Waals surface area contributed by atoms with Crippen molar-refractivity contribution in [2.75, 3.05) is 7.11 Å². The molecule has 0 spiro atoms. The molecule has 1 atom stereocenters. The monoisotopic (exact) mass is 318 g/mol. The lowest BCUT2D eigenvalue weighted by molar-refractivity contribution is 0.259. The minimum Gasteiger partial charge on any atom is -0.497 e. The molecule has 2 heterocycles. The third kappa shape index (κ3) is 2.37. The lowest BCUT2D eigenvalue weighted by atomic mass is 10.0. The Bertz CT molecular complexity index is 922. The van der Waals surface area contributed by atoms with Gasteiger partial charge in [0.05, 0.1) is 19.7 Å². The third-order valence-electron chi connectivity index (χ3n) is 5.01. The molecule has 0 saturated carbocycles. The van der Waals surface area contributed by atoms with Crippen molar-refractivity contribution in [3.05, 3.63) is 71.0 Å². The highest BCUT2D eigenvalue weighted by atomic mass is 16.5. The van der Waals surface area contributed by atoms with E-state index in [9.17, 15) is 0 Å². The lowest BCUT2D eigenvalue weighted by Gasteiger charge is -2.35. The number of rotatable bonds is 3. The minimum atomic E-state index is 0.288. The summed E-state index contributed by atoms with van der Waals surface area (Å²) >= 11 is 0. The second kappa shape index (κ2) is 5.75. The molecule has 0 bridgehead atoms. The molecule has 0 amide bonds. The molecule has 1 N–H and O–H groups in total. The Morgan fingerprint density at radius 3 is 2.79 bits per heavy atom. The predicted molar refractivity (Wildman–Crippen MR) is 98.9 cm³/mol. The predicted octanol–water partition coefficient (Wildman–Crippen LogP) is 5.11. The standard InChI is InChI=1S/C21H22N2O/c1-14-11-19-18-9-4-5-10-20(18)22-21(19)13-23(14)15(2)16-7-6-8-17(12-16)24-3/h4-12,15,22H,13H2,1-3H3/t15-/m1/s1. The zero-order chi connectivity index (χ0) is 16.7. The van der Waals surface area contributed by atoms with Crippen LogP contribution in [0.1, 0.15) is 36.7 Å². The molecule has 24 heavy (non-hydrogen) atoms. The summed E-state index contributed by atoms with van der Waals surface area (Å²) in [7, 11) is 1.71. The van der Waals surface area contributed by atoms with Gasteiger partial charge in [-0.15, -0.1) is 0 Å². The first-order chi connectivity index (χ1) is 11.7. The molecule has 0 aliphatic carbocycles. The third-order valence-corrected chi connectivity index (χ3v) is 5.01. The van der Waals surface area contributed by atoms with Gasteiger partial charge in [-0.3, -0.25) is 0 Å². The van der Waals surface area contributed by atoms with Gasteiger partial charge in [0.25, 0.3) is 0 Å². The van der Waals surface area contributed by atoms with E-state index in [1.807, 2.05) is 6.07 Å². The smallest absolute Gasteiger partial charge is 0.119 e. The zero-order valence-electron chi connectivity index (χ0n) is 14.3. The van der Waals surface area contributed by atoms with E-state index in [0.29, 0.717) is 0 Å². The number of allylic oxidation sites excluding steroid dienone is 1. The maximum atomic E-state index is 5.38. The average Bonchev–Trinajstić information content (AvgIpc) is 2.98. The molecule has 1 aliphatic rings. The molecule has 0 unspecified atom stereocenters. The molecule has 0 saturated heterocycles. The van der Waals surface area contributed by atoms with Crippen molar-refractivity contribution in [2.24, 2.45) is 0 Å². The van der Waals surface area contributed by atoms with E-state index in [1.165, 1.54) is 33.4 Å². The molecular weight excluding hydrogens is 296 g/mol. The fraction of sp³-hybridized carbons (Fsp3) is 0.238. The highest BCUT2D eigenvalue weighted by molar-refractivity contribution is 5.91. The molecule has 0 radical (unpaired) electrons. The number of fused-ring (bicyclic) bond motifs is 3. The fourth-order valence-electron chi connectivity index (χ4n) is 3.62. The molecule has 1 aliphatic heterocycles. The lowest BCUT2D eigenvalue weighted by Crippen LogP contribution is -2.27. The van der Waals surface area contributed by atoms with Crippen molar-refractivity contribution in [1.29, 1.82) is 0 Å². The number of benzene rings is 2. The molecule has 2 aromatic carbocycles. The van der Waals surface area contributed by atoms with Crippen LogP contribution in [-0.4, -0.2) is 17.0 Å². The van der Waals surface area contributed by atoms with Gasteiger partial charge in [-0.2, -0.15) is 0 Å². The zero-order valence-corrected chi connectivity index (χ0v) is 14.3. The van der Waals surface area contributed by atoms with Crippen molar-refractivity contribution in [3.8, 4) is 5.75 Å². The van der Waals surface area contributed by atoms with Crippen LogP contribution in [0.2, 0.25) is 0 Å². The first-order valence-corrected chi connectivity index (χ1v) is 8.36. The highest BCUT2D eigenvalue weighted by Crippen LogP contribution is 2.36. The SMILES string of the molecule is COc1cccc([C@@H](C)N2Cc3[nH]c4ccccc4c3C=C2C)c1. The number of methoxy groups -OCH3 is 1. The van der Waals surface area contributed by atoms with Crippen molar-refractivity contribution in [3.63, 3.8) is 0 Å². The first kappa shape index (κ1) is 14.9. The summed E-state index contributed by atoms with van der Waals surface area (Å²) in [5.41, 5.74) is 6.39. The normalized spacial score (nSPS) is 15.1. The van der Waals surface area contributed by atoms with Gasteiger partial charge in [-0.1, -0.05) is 30.3 Å². The fourth-order valence-corrected chi connectivity index (χ4v) is 3.62. The van der Waals surface area contributed by atoms with Crippen LogP contribution in [0.5, 0.6) is 5.75 Å². The maximum absolute atomic E-state index is 5.38. The summed E-state index contributed by atoms with van der Waals surface area (Å²) in [5.74, 6) is 0.907. The molecule has 4 rings (SSSR count). The van der Waals surface area contributed by atoms with E-state index in [1.54, 1.807) is 7.11 Å². The van der Waals surface area contributed by atoms with Crippen LogP contribution in [0.25, 0.3) is 17.0 Å². The van der Waals surface area contributed by atoms with Gasteiger partial charge in [-0.25, -0.2) is 0 Å². The van der Waals surface area contributed by atoms with E-state index in [2.05, 4.69) is 72.3 Å². The van der Waals surface area contributed by atoms with Crippen molar-refractivity contribution in [2.45, 2.75) is 26.4 Å². The summed E-state index contributed by atoms with van der Waals surface area (Å²) < 4.78 is 5.38. The van der Waals surface area contributed by atoms with Crippen LogP contribution in [0.3, 0.4) is 0 Å². The summed E-state index contributed by atoms with van der Waals surface area (Å²) in [6.07, 6.45) is 2.30. The largest absolute Gasteiger partial charge is 0.497 e. The van der Waals surface area contributed by atoms with Crippen molar-refractivity contribution >= 4 is 17.0 Å². The van der Waals surface area contributed by atoms with Gasteiger partial charge in [0.2, 0.25) is 0 Å². The number of aromatic amines is 1. The molecule has 3 heteroatoms. The summed E-state index contributed by atoms with van der Waals surface area (Å²) in [6, 6.07) is 17.1. The van der Waals surface area contributed by atoms with Gasteiger partial charge in [0, 0.05) is 27.9 Å². The van der Waals surface area contributed by atoms with Crippen LogP contribution in [-0.2, 0) is 6.54 Å². The maximum Gasteiger partial charge on any atom is 0.119 e. The Labute approximate surface area is 142 Å². The number of nitrogens with one attached hydrogen (secondary N) is 1. The van der Waals surface area contributed by atoms with E-state index >= 15 is 0 Å². The Kier molecular flexibility index (Phi) is 3.57. The molecule has 3 aromatic rings. The average molecular weight is 318 g/mol. The van der Waals surface area contributed by atoms with Crippen molar-refractivity contribution in [1.82, 2.24) is 9.88 Å². The van der Waals surface area contributed by atoms with Crippen LogP contribution in [0.4, 0.5) is 0 Å². The van der Waals surface area contributed by atoms with Gasteiger partial charge in [0.1, 0.15) is 5.75 Å². The molecular formula is C21H22N2O. The Morgan fingerprint density at radius 2 is 1.96 bits per heavy atom. The quantitative estimate of drug-likeness (QED) is 0.726. The molecule has 3 nitrogen and oxygen atoms in total. The Hall–Kier alpha value is -2.68. The minimum absolute atomic E-state index is 0.288. The second-order valence-electron chi connectivity index (χ2n) is 6.43. The number of aromatic nitrogens is 1. The van der Waals surface area contributed by atoms with Gasteiger partial charge in [-0.05, 0) is 43.7 Å². The number of hydrogen-bond acceptors (Lipinski definition) is 2. The van der Waals surface area contributed by atoms with E-state index in [4.69, 9.17) is 4.74 Å². The second-order valence-corrected chi connectivity index (χ2v) is 6.43. The molecule has 1 aromatic heterocycles. The van der Waals surface area contributed by atoms with Crippen LogP contribution < -0.4 is 4.74 Å². The molecule has 122 valence electrons. The van der Waals surface area contributed by atoms with Crippen LogP contribution >= 0.6 is 0 Å². The number of H-pyrrole nitrogens is 1. The summed E-state index contributed by atoms with van der Waals surface area (Å²) in [4.78, 5) is 6.02. The van der Waals surface area contributed by atoms with E-state index in [-0.39, 0.29) is 6.04 Å². The van der Waals surface area contributed by atoms with Gasteiger partial charge < -0.3 is 14.6 Å². The highest BCUT2D eigenvalue weighted by Gasteiger charge is 2.24. The molecule has 0 fully saturated rings. The van der Waals surface area contributed by atoms with Crippen molar-refractivity contribution < 1.29 is 4.74 Å². The first-order valence-electron chi connectivity index (χ1n) is 8.36. The van der Waals surface area contributed by atoms with Crippen LogP contribution in [0, 0.1) is 0 Å². The number of ether oxygens (including phenoxy) is 1. The number of para-hydroxylation sites is 1.